The van der Waals surface area contributed by atoms with Crippen LogP contribution >= 0.6 is 11.6 Å². The van der Waals surface area contributed by atoms with Crippen molar-refractivity contribution in [1.29, 1.82) is 0 Å². The zero-order valence-electron chi connectivity index (χ0n) is 24.7. The minimum atomic E-state index is -0.664. The van der Waals surface area contributed by atoms with E-state index in [0.717, 1.165) is 42.9 Å². The Kier molecular flexibility index (Phi) is 6.97. The zero-order chi connectivity index (χ0) is 30.0. The number of amides is 4. The van der Waals surface area contributed by atoms with Gasteiger partial charge in [0.1, 0.15) is 6.04 Å². The number of imide groups is 1. The molecule has 4 amide bonds. The number of hydrogen-bond acceptors (Lipinski definition) is 5. The number of nitrogens with one attached hydrogen (secondary N) is 1. The summed E-state index contributed by atoms with van der Waals surface area (Å²) in [6.07, 6.45) is 4.83. The highest BCUT2D eigenvalue weighted by Crippen LogP contribution is 2.44. The minimum absolute atomic E-state index is 0.00217. The third-order valence-electron chi connectivity index (χ3n) is 10.2. The van der Waals surface area contributed by atoms with Crippen LogP contribution in [0.15, 0.2) is 48.0 Å². The number of piperazine rings is 1. The van der Waals surface area contributed by atoms with Crippen molar-refractivity contribution < 1.29 is 19.2 Å². The summed E-state index contributed by atoms with van der Waals surface area (Å²) in [6.45, 7) is 7.48. The van der Waals surface area contributed by atoms with E-state index in [4.69, 9.17) is 11.6 Å². The molecule has 3 atom stereocenters. The molecule has 0 saturated carbocycles. The molecule has 1 unspecified atom stereocenters. The maximum absolute atomic E-state index is 13.7. The zero-order valence-corrected chi connectivity index (χ0v) is 25.5. The van der Waals surface area contributed by atoms with Crippen LogP contribution in [-0.2, 0) is 16.1 Å². The third kappa shape index (κ3) is 5.18. The van der Waals surface area contributed by atoms with Gasteiger partial charge >= 0.3 is 0 Å². The lowest BCUT2D eigenvalue weighted by Crippen LogP contribution is -2.52. The fourth-order valence-electron chi connectivity index (χ4n) is 7.77. The van der Waals surface area contributed by atoms with E-state index in [1.54, 1.807) is 12.1 Å². The summed E-state index contributed by atoms with van der Waals surface area (Å²) < 4.78 is 0. The number of carbonyl (C=O) groups excluding carboxylic acids is 4. The second-order valence-corrected chi connectivity index (χ2v) is 14.1. The molecule has 2 aromatic rings. The van der Waals surface area contributed by atoms with Crippen molar-refractivity contribution in [2.75, 3.05) is 19.6 Å². The number of fused-ring (bicyclic) bond motifs is 3. The second kappa shape index (κ2) is 10.6. The summed E-state index contributed by atoms with van der Waals surface area (Å²) in [5.41, 5.74) is 6.35. The van der Waals surface area contributed by atoms with Gasteiger partial charge in [0.15, 0.2) is 0 Å². The van der Waals surface area contributed by atoms with Gasteiger partial charge in [0.25, 0.3) is 11.8 Å². The Hall–Kier alpha value is -3.49. The van der Waals surface area contributed by atoms with Crippen molar-refractivity contribution in [1.82, 2.24) is 20.0 Å². The number of halogens is 1. The SMILES string of the molecule is CC1(C)CCC(CN2C[C@@H]3C[C@H]2CN3C(=O)c2ccc3c(c2)CN(C2CCC(=O)NC2=O)C3=O)=C(c2ccc(Cl)cc2)C1. The largest absolute Gasteiger partial charge is 0.333 e. The lowest BCUT2D eigenvalue weighted by Gasteiger charge is -2.38. The standard InChI is InChI=1S/C34H37ClN4O4/c1-34(2)12-11-22(28(15-34)20-3-6-24(35)7-4-20)16-37-18-26-14-25(37)19-38(26)32(42)21-5-8-27-23(13-21)17-39(33(27)43)29-9-10-30(40)36-31(29)41/h3-8,13,25-26,29H,9-12,14-19H2,1-2H3,(H,36,40,41)/t25-,26-,29?/m0/s1. The Labute approximate surface area is 257 Å². The summed E-state index contributed by atoms with van der Waals surface area (Å²) in [5, 5.41) is 3.09. The van der Waals surface area contributed by atoms with Gasteiger partial charge in [-0.2, -0.15) is 0 Å². The first-order valence-electron chi connectivity index (χ1n) is 15.4. The van der Waals surface area contributed by atoms with Gasteiger partial charge in [-0.05, 0) is 84.6 Å². The molecule has 9 heteroatoms. The van der Waals surface area contributed by atoms with Crippen LogP contribution in [-0.4, -0.2) is 76.1 Å². The molecule has 3 fully saturated rings. The number of rotatable bonds is 5. The van der Waals surface area contributed by atoms with Crippen molar-refractivity contribution in [3.8, 4) is 0 Å². The minimum Gasteiger partial charge on any atom is -0.333 e. The Balaban J connectivity index is 1.03. The Morgan fingerprint density at radius 1 is 1.02 bits per heavy atom. The van der Waals surface area contributed by atoms with Gasteiger partial charge in [-0.3, -0.25) is 29.4 Å². The first kappa shape index (κ1) is 28.3. The molecule has 0 spiro atoms. The topological polar surface area (TPSA) is 90.0 Å². The van der Waals surface area contributed by atoms with Gasteiger partial charge in [-0.1, -0.05) is 43.2 Å². The van der Waals surface area contributed by atoms with Gasteiger partial charge < -0.3 is 9.80 Å². The van der Waals surface area contributed by atoms with Gasteiger partial charge in [-0.25, -0.2) is 0 Å². The van der Waals surface area contributed by atoms with Crippen molar-refractivity contribution in [2.45, 2.75) is 77.0 Å². The highest BCUT2D eigenvalue weighted by Gasteiger charge is 2.46. The Morgan fingerprint density at radius 3 is 2.53 bits per heavy atom. The van der Waals surface area contributed by atoms with Crippen LogP contribution in [0.5, 0.6) is 0 Å². The number of nitrogens with zero attached hydrogens (tertiary/aromatic N) is 3. The fraction of sp³-hybridized carbons (Fsp3) is 0.471. The first-order valence-corrected chi connectivity index (χ1v) is 15.7. The molecule has 0 aromatic heterocycles. The molecule has 2 aromatic carbocycles. The number of benzene rings is 2. The van der Waals surface area contributed by atoms with Crippen LogP contribution < -0.4 is 5.32 Å². The summed E-state index contributed by atoms with van der Waals surface area (Å²) in [7, 11) is 0. The predicted octanol–water partition coefficient (Wildman–Crippen LogP) is 4.66. The molecule has 1 N–H and O–H groups in total. The number of allylic oxidation sites excluding steroid dienone is 1. The predicted molar refractivity (Wildman–Crippen MR) is 163 cm³/mol. The van der Waals surface area contributed by atoms with Crippen molar-refractivity contribution >= 4 is 40.8 Å². The van der Waals surface area contributed by atoms with E-state index in [1.807, 2.05) is 23.1 Å². The van der Waals surface area contributed by atoms with E-state index >= 15 is 0 Å². The monoisotopic (exact) mass is 600 g/mol. The highest BCUT2D eigenvalue weighted by molar-refractivity contribution is 6.30. The average Bonchev–Trinajstić information content (AvgIpc) is 3.66. The number of hydrogen-bond donors (Lipinski definition) is 1. The first-order chi connectivity index (χ1) is 20.6. The van der Waals surface area contributed by atoms with Crippen molar-refractivity contribution in [3.05, 3.63) is 75.3 Å². The Morgan fingerprint density at radius 2 is 1.81 bits per heavy atom. The van der Waals surface area contributed by atoms with E-state index in [1.165, 1.54) is 28.0 Å². The molecule has 5 aliphatic rings. The Bertz CT molecular complexity index is 1560. The molecule has 4 heterocycles. The molecular formula is C34H37ClN4O4. The van der Waals surface area contributed by atoms with Crippen LogP contribution in [0.25, 0.3) is 5.57 Å². The smallest absolute Gasteiger partial charge is 0.255 e. The molecule has 2 bridgehead atoms. The molecule has 1 aliphatic carbocycles. The van der Waals surface area contributed by atoms with Crippen molar-refractivity contribution in [2.24, 2.45) is 5.41 Å². The van der Waals surface area contributed by atoms with Gasteiger partial charge in [0.2, 0.25) is 11.8 Å². The molecule has 43 heavy (non-hydrogen) atoms. The van der Waals surface area contributed by atoms with E-state index < -0.39 is 11.9 Å². The molecule has 4 aliphatic heterocycles. The number of piperidine rings is 1. The van der Waals surface area contributed by atoms with Crippen LogP contribution in [0.3, 0.4) is 0 Å². The normalized spacial score (nSPS) is 26.8. The number of likely N-dealkylation sites (tertiary alicyclic amines) is 2. The third-order valence-corrected chi connectivity index (χ3v) is 10.4. The summed E-state index contributed by atoms with van der Waals surface area (Å²) in [5.74, 6) is -0.961. The quantitative estimate of drug-likeness (QED) is 0.504. The molecule has 0 radical (unpaired) electrons. The van der Waals surface area contributed by atoms with E-state index in [0.29, 0.717) is 30.1 Å². The maximum atomic E-state index is 13.7. The van der Waals surface area contributed by atoms with Crippen LogP contribution in [0, 0.1) is 5.41 Å². The van der Waals surface area contributed by atoms with Gasteiger partial charge in [0.05, 0.1) is 0 Å². The molecule has 8 nitrogen and oxygen atoms in total. The lowest BCUT2D eigenvalue weighted by atomic mass is 9.72. The number of carbonyl (C=O) groups is 4. The van der Waals surface area contributed by atoms with Gasteiger partial charge in [-0.15, -0.1) is 0 Å². The van der Waals surface area contributed by atoms with Crippen LogP contribution in [0.2, 0.25) is 5.02 Å². The molecule has 3 saturated heterocycles. The maximum Gasteiger partial charge on any atom is 0.255 e. The fourth-order valence-corrected chi connectivity index (χ4v) is 7.90. The van der Waals surface area contributed by atoms with Crippen LogP contribution in [0.1, 0.15) is 84.2 Å². The molecule has 7 rings (SSSR count). The van der Waals surface area contributed by atoms with E-state index in [-0.39, 0.29) is 42.1 Å². The summed E-state index contributed by atoms with van der Waals surface area (Å²) in [4.78, 5) is 56.9. The average molecular weight is 601 g/mol. The summed E-state index contributed by atoms with van der Waals surface area (Å²) in [6, 6.07) is 13.4. The van der Waals surface area contributed by atoms with Gasteiger partial charge in [0, 0.05) is 60.8 Å². The van der Waals surface area contributed by atoms with E-state index in [9.17, 15) is 19.2 Å². The van der Waals surface area contributed by atoms with Crippen molar-refractivity contribution in [3.63, 3.8) is 0 Å². The highest BCUT2D eigenvalue weighted by atomic mass is 35.5. The second-order valence-electron chi connectivity index (χ2n) is 13.6. The summed E-state index contributed by atoms with van der Waals surface area (Å²) >= 11 is 6.19. The lowest BCUT2D eigenvalue weighted by molar-refractivity contribution is -0.136. The van der Waals surface area contributed by atoms with Crippen LogP contribution in [0.4, 0.5) is 0 Å². The molecule has 224 valence electrons. The molecular weight excluding hydrogens is 564 g/mol. The van der Waals surface area contributed by atoms with E-state index in [2.05, 4.69) is 36.2 Å².